The number of nitrogens with one attached hydrogen (secondary N) is 3. The SMILES string of the molecule is [B]NC(=O)Nc1ccc(C[C@@H](CCO)NC[C@H](O)c2cccc(Cl)c2)cc1. The van der Waals surface area contributed by atoms with E-state index in [1.807, 2.05) is 23.4 Å². The summed E-state index contributed by atoms with van der Waals surface area (Å²) in [4.78, 5) is 11.2. The van der Waals surface area contributed by atoms with E-state index in [-0.39, 0.29) is 12.6 Å². The summed E-state index contributed by atoms with van der Waals surface area (Å²) in [6.07, 6.45) is 0.538. The highest BCUT2D eigenvalue weighted by atomic mass is 35.5. The molecule has 0 aliphatic carbocycles. The molecule has 2 aromatic carbocycles. The molecule has 8 heteroatoms. The normalized spacial score (nSPS) is 13.0. The number of urea groups is 1. The Hall–Kier alpha value is -2.06. The molecule has 2 radical (unpaired) electrons. The van der Waals surface area contributed by atoms with Crippen LogP contribution in [0.5, 0.6) is 0 Å². The molecule has 0 heterocycles. The second kappa shape index (κ2) is 10.9. The van der Waals surface area contributed by atoms with Gasteiger partial charge in [0.1, 0.15) is 0 Å². The quantitative estimate of drug-likeness (QED) is 0.426. The predicted octanol–water partition coefficient (Wildman–Crippen LogP) is 2.16. The minimum atomic E-state index is -0.689. The van der Waals surface area contributed by atoms with Gasteiger partial charge in [0.2, 0.25) is 7.98 Å². The molecule has 2 aromatic rings. The van der Waals surface area contributed by atoms with Gasteiger partial charge in [-0.1, -0.05) is 35.9 Å². The van der Waals surface area contributed by atoms with Gasteiger partial charge in [-0.3, -0.25) is 0 Å². The molecule has 0 bridgehead atoms. The van der Waals surface area contributed by atoms with Crippen molar-refractivity contribution in [2.45, 2.75) is 25.0 Å². The van der Waals surface area contributed by atoms with Crippen LogP contribution in [0.2, 0.25) is 5.02 Å². The van der Waals surface area contributed by atoms with Crippen molar-refractivity contribution in [2.75, 3.05) is 18.5 Å². The Morgan fingerprint density at radius 3 is 2.56 bits per heavy atom. The summed E-state index contributed by atoms with van der Waals surface area (Å²) in [6.45, 7) is 0.391. The number of rotatable bonds is 9. The third kappa shape index (κ3) is 7.23. The van der Waals surface area contributed by atoms with Crippen LogP contribution in [0.1, 0.15) is 23.7 Å². The van der Waals surface area contributed by atoms with E-state index in [0.717, 1.165) is 11.1 Å². The maximum Gasteiger partial charge on any atom is 0.306 e. The fourth-order valence-corrected chi connectivity index (χ4v) is 2.92. The third-order valence-corrected chi connectivity index (χ3v) is 4.37. The maximum atomic E-state index is 11.2. The fraction of sp³-hybridized carbons (Fsp3) is 0.316. The number of aliphatic hydroxyl groups is 2. The first kappa shape index (κ1) is 21.2. The van der Waals surface area contributed by atoms with Crippen LogP contribution in [0.25, 0.3) is 0 Å². The van der Waals surface area contributed by atoms with Crippen LogP contribution >= 0.6 is 11.6 Å². The Morgan fingerprint density at radius 1 is 1.19 bits per heavy atom. The van der Waals surface area contributed by atoms with Gasteiger partial charge < -0.3 is 26.1 Å². The van der Waals surface area contributed by atoms with Crippen molar-refractivity contribution in [1.29, 1.82) is 0 Å². The van der Waals surface area contributed by atoms with E-state index in [1.54, 1.807) is 30.3 Å². The van der Waals surface area contributed by atoms with E-state index in [0.29, 0.717) is 30.1 Å². The van der Waals surface area contributed by atoms with Gasteiger partial charge in [0.15, 0.2) is 0 Å². The number of halogens is 1. The number of hydrogen-bond donors (Lipinski definition) is 5. The zero-order valence-corrected chi connectivity index (χ0v) is 15.6. The molecule has 0 saturated carbocycles. The maximum absolute atomic E-state index is 11.2. The summed E-state index contributed by atoms with van der Waals surface area (Å²) in [5.41, 5.74) is 2.41. The first-order chi connectivity index (χ1) is 13.0. The number of benzene rings is 2. The minimum Gasteiger partial charge on any atom is -0.396 e. The predicted molar refractivity (Wildman–Crippen MR) is 108 cm³/mol. The van der Waals surface area contributed by atoms with Crippen molar-refractivity contribution >= 4 is 31.3 Å². The first-order valence-corrected chi connectivity index (χ1v) is 9.04. The monoisotopic (exact) mass is 387 g/mol. The second-order valence-corrected chi connectivity index (χ2v) is 6.62. The van der Waals surface area contributed by atoms with Crippen molar-refractivity contribution < 1.29 is 15.0 Å². The molecule has 2 atom stereocenters. The van der Waals surface area contributed by atoms with Gasteiger partial charge in [-0.15, -0.1) is 0 Å². The number of anilines is 1. The highest BCUT2D eigenvalue weighted by Crippen LogP contribution is 2.18. The van der Waals surface area contributed by atoms with E-state index in [9.17, 15) is 15.0 Å². The molecule has 2 amide bonds. The zero-order chi connectivity index (χ0) is 19.6. The van der Waals surface area contributed by atoms with Gasteiger partial charge in [0.25, 0.3) is 0 Å². The molecule has 0 aromatic heterocycles. The molecule has 0 aliphatic rings. The van der Waals surface area contributed by atoms with Gasteiger partial charge in [-0.25, -0.2) is 4.79 Å². The van der Waals surface area contributed by atoms with Crippen molar-refractivity contribution in [3.63, 3.8) is 0 Å². The van der Waals surface area contributed by atoms with E-state index < -0.39 is 12.1 Å². The van der Waals surface area contributed by atoms with E-state index in [4.69, 9.17) is 19.6 Å². The van der Waals surface area contributed by atoms with Gasteiger partial charge in [0.05, 0.1) is 6.10 Å². The van der Waals surface area contributed by atoms with Gasteiger partial charge in [0, 0.05) is 29.9 Å². The smallest absolute Gasteiger partial charge is 0.306 e. The lowest BCUT2D eigenvalue weighted by Gasteiger charge is -2.21. The Bertz CT molecular complexity index is 730. The Labute approximate surface area is 165 Å². The minimum absolute atomic E-state index is 0.00464. The summed E-state index contributed by atoms with van der Waals surface area (Å²) in [7, 11) is 5.04. The van der Waals surface area contributed by atoms with Gasteiger partial charge >= 0.3 is 6.03 Å². The number of hydrogen-bond acceptors (Lipinski definition) is 4. The average molecular weight is 388 g/mol. The highest BCUT2D eigenvalue weighted by molar-refractivity contribution is 6.30. The molecule has 0 aliphatic heterocycles. The fourth-order valence-electron chi connectivity index (χ4n) is 2.72. The van der Waals surface area contributed by atoms with Crippen molar-refractivity contribution in [2.24, 2.45) is 0 Å². The van der Waals surface area contributed by atoms with E-state index >= 15 is 0 Å². The average Bonchev–Trinajstić information content (AvgIpc) is 2.67. The zero-order valence-electron chi connectivity index (χ0n) is 14.9. The lowest BCUT2D eigenvalue weighted by molar-refractivity contribution is 0.165. The standard InChI is InChI=1S/C19H23BClN3O3/c20-24-19(27)23-16-6-4-13(5-7-16)10-17(8-9-25)22-12-18(26)14-2-1-3-15(21)11-14/h1-7,11,17-18,22,25-26H,8-10,12H2,(H2,23,24,27)/t17-,18+/m1/s1. The topological polar surface area (TPSA) is 93.6 Å². The molecular formula is C19H23BClN3O3. The number of amides is 2. The summed E-state index contributed by atoms with van der Waals surface area (Å²) in [6, 6.07) is 14.0. The van der Waals surface area contributed by atoms with Crippen LogP contribution in [0.4, 0.5) is 10.5 Å². The molecule has 142 valence electrons. The summed E-state index contributed by atoms with van der Waals surface area (Å²) in [5, 5.41) is 28.1. The largest absolute Gasteiger partial charge is 0.396 e. The molecule has 0 spiro atoms. The van der Waals surface area contributed by atoms with Crippen LogP contribution < -0.4 is 15.9 Å². The molecule has 0 fully saturated rings. The van der Waals surface area contributed by atoms with Crippen LogP contribution in [-0.4, -0.2) is 43.4 Å². The second-order valence-electron chi connectivity index (χ2n) is 6.19. The van der Waals surface area contributed by atoms with Crippen LogP contribution in [0.3, 0.4) is 0 Å². The summed E-state index contributed by atoms with van der Waals surface area (Å²) < 4.78 is 0. The molecule has 5 N–H and O–H groups in total. The lowest BCUT2D eigenvalue weighted by Crippen LogP contribution is -2.35. The van der Waals surface area contributed by atoms with Crippen LogP contribution in [0.15, 0.2) is 48.5 Å². The Morgan fingerprint density at radius 2 is 1.93 bits per heavy atom. The van der Waals surface area contributed by atoms with E-state index in [2.05, 4.69) is 10.6 Å². The van der Waals surface area contributed by atoms with Crippen LogP contribution in [-0.2, 0) is 6.42 Å². The van der Waals surface area contributed by atoms with Gasteiger partial charge in [-0.2, -0.15) is 0 Å². The molecule has 6 nitrogen and oxygen atoms in total. The van der Waals surface area contributed by atoms with E-state index in [1.165, 1.54) is 0 Å². The molecule has 27 heavy (non-hydrogen) atoms. The first-order valence-electron chi connectivity index (χ1n) is 8.66. The van der Waals surface area contributed by atoms with Crippen molar-refractivity contribution in [3.8, 4) is 0 Å². The Kier molecular flexibility index (Phi) is 8.61. The molecule has 2 rings (SSSR count). The molecule has 0 unspecified atom stereocenters. The molecular weight excluding hydrogens is 364 g/mol. The summed E-state index contributed by atoms with van der Waals surface area (Å²) in [5.74, 6) is 0. The number of aliphatic hydroxyl groups excluding tert-OH is 2. The third-order valence-electron chi connectivity index (χ3n) is 4.14. The van der Waals surface area contributed by atoms with Crippen LogP contribution in [0, 0.1) is 0 Å². The van der Waals surface area contributed by atoms with Crippen molar-refractivity contribution in [3.05, 3.63) is 64.7 Å². The highest BCUT2D eigenvalue weighted by Gasteiger charge is 2.13. The van der Waals surface area contributed by atoms with Crippen molar-refractivity contribution in [1.82, 2.24) is 10.5 Å². The Balaban J connectivity index is 1.91. The van der Waals surface area contributed by atoms with Gasteiger partial charge in [-0.05, 0) is 48.2 Å². The number of carbonyl (C=O) groups is 1. The molecule has 0 saturated heterocycles. The lowest BCUT2D eigenvalue weighted by atomic mass is 10.0. The summed E-state index contributed by atoms with van der Waals surface area (Å²) >= 11 is 5.96. The number of carbonyl (C=O) groups excluding carboxylic acids is 1.